The van der Waals surface area contributed by atoms with E-state index in [0.29, 0.717) is 0 Å². The zero-order valence-electron chi connectivity index (χ0n) is 10.4. The number of ether oxygens (including phenoxy) is 1. The molecule has 0 spiro atoms. The number of unbranched alkanes of at least 4 members (excludes halogenated alkanes) is 4. The minimum Gasteiger partial charge on any atom is -0.496 e. The van der Waals surface area contributed by atoms with E-state index in [1.54, 1.807) is 18.4 Å². The first-order valence-corrected chi connectivity index (χ1v) is 7.04. The van der Waals surface area contributed by atoms with Gasteiger partial charge in [0.15, 0.2) is 0 Å². The maximum Gasteiger partial charge on any atom is 0.129 e. The summed E-state index contributed by atoms with van der Waals surface area (Å²) < 4.78 is 5.16. The van der Waals surface area contributed by atoms with Crippen LogP contribution in [0.15, 0.2) is 11.4 Å². The topological polar surface area (TPSA) is 35.2 Å². The van der Waals surface area contributed by atoms with Gasteiger partial charge in [-0.3, -0.25) is 0 Å². The second-order valence-electron chi connectivity index (χ2n) is 4.20. The molecule has 92 valence electrons. The van der Waals surface area contributed by atoms with Gasteiger partial charge in [-0.25, -0.2) is 0 Å². The predicted octanol–water partition coefficient (Wildman–Crippen LogP) is 4.12. The zero-order valence-corrected chi connectivity index (χ0v) is 11.2. The molecular weight excluding hydrogens is 218 g/mol. The summed E-state index contributed by atoms with van der Waals surface area (Å²) in [5.74, 6) is 0.932. The van der Waals surface area contributed by atoms with E-state index in [4.69, 9.17) is 10.5 Å². The molecule has 0 bridgehead atoms. The van der Waals surface area contributed by atoms with Crippen molar-refractivity contribution in [3.05, 3.63) is 16.3 Å². The molecule has 1 aromatic rings. The molecule has 0 radical (unpaired) electrons. The van der Waals surface area contributed by atoms with E-state index < -0.39 is 0 Å². The third kappa shape index (κ3) is 4.54. The molecular formula is C13H23NOS. The largest absolute Gasteiger partial charge is 0.496 e. The van der Waals surface area contributed by atoms with Crippen LogP contribution in [0.3, 0.4) is 0 Å². The molecule has 1 rings (SSSR count). The van der Waals surface area contributed by atoms with Crippen LogP contribution in [-0.4, -0.2) is 7.11 Å². The van der Waals surface area contributed by atoms with Crippen LogP contribution >= 0.6 is 11.3 Å². The lowest BCUT2D eigenvalue weighted by Crippen LogP contribution is -2.08. The normalized spacial score (nSPS) is 12.7. The Hall–Kier alpha value is -0.540. The number of nitrogens with two attached hydrogens (primary N) is 1. The van der Waals surface area contributed by atoms with E-state index in [2.05, 4.69) is 13.0 Å². The molecule has 0 aliphatic heterocycles. The summed E-state index contributed by atoms with van der Waals surface area (Å²) >= 11 is 1.70. The van der Waals surface area contributed by atoms with Gasteiger partial charge in [-0.15, -0.1) is 11.3 Å². The van der Waals surface area contributed by atoms with E-state index in [0.717, 1.165) is 12.2 Å². The van der Waals surface area contributed by atoms with Crippen molar-refractivity contribution in [1.82, 2.24) is 0 Å². The van der Waals surface area contributed by atoms with Crippen molar-refractivity contribution in [2.75, 3.05) is 7.11 Å². The Morgan fingerprint density at radius 2 is 2.06 bits per heavy atom. The highest BCUT2D eigenvalue weighted by Crippen LogP contribution is 2.28. The van der Waals surface area contributed by atoms with Crippen LogP contribution in [0.1, 0.15) is 56.4 Å². The fraction of sp³-hybridized carbons (Fsp3) is 0.692. The minimum absolute atomic E-state index is 0.190. The van der Waals surface area contributed by atoms with Crippen LogP contribution in [0.25, 0.3) is 0 Å². The minimum atomic E-state index is 0.190. The molecule has 16 heavy (non-hydrogen) atoms. The number of methoxy groups -OCH3 is 1. The average molecular weight is 241 g/mol. The van der Waals surface area contributed by atoms with Crippen LogP contribution in [0, 0.1) is 0 Å². The van der Waals surface area contributed by atoms with Gasteiger partial charge in [-0.05, 0) is 12.5 Å². The molecule has 0 aliphatic carbocycles. The molecule has 2 nitrogen and oxygen atoms in total. The highest BCUT2D eigenvalue weighted by molar-refractivity contribution is 7.10. The summed E-state index contributed by atoms with van der Waals surface area (Å²) in [6.07, 6.45) is 7.63. The fourth-order valence-corrected chi connectivity index (χ4v) is 2.64. The van der Waals surface area contributed by atoms with Gasteiger partial charge in [0.25, 0.3) is 0 Å². The van der Waals surface area contributed by atoms with Crippen molar-refractivity contribution in [2.24, 2.45) is 5.73 Å². The van der Waals surface area contributed by atoms with Gasteiger partial charge in [0, 0.05) is 16.3 Å². The maximum atomic E-state index is 6.13. The van der Waals surface area contributed by atoms with E-state index in [1.165, 1.54) is 37.0 Å². The molecule has 0 aliphatic rings. The molecule has 1 aromatic heterocycles. The zero-order chi connectivity index (χ0) is 11.8. The lowest BCUT2D eigenvalue weighted by molar-refractivity contribution is 0.416. The van der Waals surface area contributed by atoms with E-state index in [-0.39, 0.29) is 6.04 Å². The summed E-state index contributed by atoms with van der Waals surface area (Å²) in [4.78, 5) is 1.24. The Bertz CT molecular complexity index is 285. The van der Waals surface area contributed by atoms with Gasteiger partial charge < -0.3 is 10.5 Å². The molecule has 0 saturated heterocycles. The molecule has 1 heterocycles. The van der Waals surface area contributed by atoms with Gasteiger partial charge >= 0.3 is 0 Å². The third-order valence-electron chi connectivity index (χ3n) is 2.82. The van der Waals surface area contributed by atoms with E-state index in [9.17, 15) is 0 Å². The first kappa shape index (κ1) is 13.5. The highest BCUT2D eigenvalue weighted by Gasteiger charge is 2.08. The van der Waals surface area contributed by atoms with Gasteiger partial charge in [0.1, 0.15) is 5.75 Å². The lowest BCUT2D eigenvalue weighted by atomic mass is 10.1. The van der Waals surface area contributed by atoms with Gasteiger partial charge in [0.05, 0.1) is 7.11 Å². The summed E-state index contributed by atoms with van der Waals surface area (Å²) in [5.41, 5.74) is 6.13. The fourth-order valence-electron chi connectivity index (χ4n) is 1.75. The number of rotatable bonds is 8. The molecule has 2 N–H and O–H groups in total. The highest BCUT2D eigenvalue weighted by atomic mass is 32.1. The summed E-state index contributed by atoms with van der Waals surface area (Å²) in [6, 6.07) is 2.25. The summed E-state index contributed by atoms with van der Waals surface area (Å²) in [5, 5.41) is 2.02. The van der Waals surface area contributed by atoms with Crippen molar-refractivity contribution >= 4 is 11.3 Å². The van der Waals surface area contributed by atoms with E-state index in [1.807, 2.05) is 5.38 Å². The first-order chi connectivity index (χ1) is 7.77. The molecule has 0 fully saturated rings. The smallest absolute Gasteiger partial charge is 0.129 e. The quantitative estimate of drug-likeness (QED) is 0.695. The van der Waals surface area contributed by atoms with Crippen LogP contribution in [0.4, 0.5) is 0 Å². The molecule has 0 saturated carbocycles. The van der Waals surface area contributed by atoms with Gasteiger partial charge in [-0.2, -0.15) is 0 Å². The molecule has 1 unspecified atom stereocenters. The Morgan fingerprint density at radius 3 is 2.69 bits per heavy atom. The number of hydrogen-bond acceptors (Lipinski definition) is 3. The van der Waals surface area contributed by atoms with Gasteiger partial charge in [-0.1, -0.05) is 39.0 Å². The van der Waals surface area contributed by atoms with E-state index >= 15 is 0 Å². The SMILES string of the molecule is CCCCCCCC(N)c1cc(OC)cs1. The standard InChI is InChI=1S/C13H23NOS/c1-3-4-5-6-7-8-12(14)13-9-11(15-2)10-16-13/h9-10,12H,3-8,14H2,1-2H3. The molecule has 3 heteroatoms. The van der Waals surface area contributed by atoms with Crippen LogP contribution < -0.4 is 10.5 Å². The number of thiophene rings is 1. The molecule has 0 amide bonds. The van der Waals surface area contributed by atoms with Crippen molar-refractivity contribution in [3.8, 4) is 5.75 Å². The average Bonchev–Trinajstić information content (AvgIpc) is 2.77. The van der Waals surface area contributed by atoms with Crippen molar-refractivity contribution < 1.29 is 4.74 Å². The Kier molecular flexibility index (Phi) is 6.50. The lowest BCUT2D eigenvalue weighted by Gasteiger charge is -2.08. The Labute approximate surface area is 103 Å². The van der Waals surface area contributed by atoms with Gasteiger partial charge in [0.2, 0.25) is 0 Å². The number of hydrogen-bond donors (Lipinski definition) is 1. The summed E-state index contributed by atoms with van der Waals surface area (Å²) in [7, 11) is 1.70. The molecule has 0 aromatic carbocycles. The monoisotopic (exact) mass is 241 g/mol. The predicted molar refractivity (Wildman–Crippen MR) is 71.2 cm³/mol. The third-order valence-corrected chi connectivity index (χ3v) is 3.86. The Balaban J connectivity index is 2.21. The second kappa shape index (κ2) is 7.69. The van der Waals surface area contributed by atoms with Crippen LogP contribution in [0.2, 0.25) is 0 Å². The van der Waals surface area contributed by atoms with Crippen molar-refractivity contribution in [1.29, 1.82) is 0 Å². The van der Waals surface area contributed by atoms with Crippen molar-refractivity contribution in [2.45, 2.75) is 51.5 Å². The second-order valence-corrected chi connectivity index (χ2v) is 5.14. The van der Waals surface area contributed by atoms with Crippen molar-refractivity contribution in [3.63, 3.8) is 0 Å². The van der Waals surface area contributed by atoms with Crippen LogP contribution in [0.5, 0.6) is 5.75 Å². The maximum absolute atomic E-state index is 6.13. The summed E-state index contributed by atoms with van der Waals surface area (Å²) in [6.45, 7) is 2.24. The Morgan fingerprint density at radius 1 is 1.31 bits per heavy atom. The van der Waals surface area contributed by atoms with Crippen LogP contribution in [-0.2, 0) is 0 Å². The first-order valence-electron chi connectivity index (χ1n) is 6.16. The molecule has 1 atom stereocenters.